The molecule has 0 radical (unpaired) electrons. The zero-order chi connectivity index (χ0) is 15.9. The summed E-state index contributed by atoms with van der Waals surface area (Å²) in [6.45, 7) is 2.18. The Hall–Kier alpha value is -1.93. The number of benzene rings is 1. The molecule has 0 unspecified atom stereocenters. The third-order valence-corrected chi connectivity index (χ3v) is 4.17. The summed E-state index contributed by atoms with van der Waals surface area (Å²) in [6.07, 6.45) is -0.185. The van der Waals surface area contributed by atoms with E-state index in [1.54, 1.807) is 25.1 Å². The van der Waals surface area contributed by atoms with Crippen LogP contribution in [-0.2, 0) is 19.6 Å². The second kappa shape index (κ2) is 7.75. The van der Waals surface area contributed by atoms with Crippen molar-refractivity contribution in [2.45, 2.75) is 30.7 Å². The summed E-state index contributed by atoms with van der Waals surface area (Å²) in [6, 6.07) is 6.12. The molecule has 116 valence electrons. The van der Waals surface area contributed by atoms with Crippen molar-refractivity contribution in [1.29, 1.82) is 0 Å². The van der Waals surface area contributed by atoms with E-state index in [1.807, 2.05) is 0 Å². The molecule has 0 aromatic heterocycles. The summed E-state index contributed by atoms with van der Waals surface area (Å²) in [5, 5.41) is 11.6. The number of carbonyl (C=O) groups excluding carboxylic acids is 1. The number of hydrogen-bond donors (Lipinski definition) is 3. The molecule has 0 aliphatic heterocycles. The van der Waals surface area contributed by atoms with Gasteiger partial charge in [-0.3, -0.25) is 9.59 Å². The van der Waals surface area contributed by atoms with Crippen LogP contribution in [-0.4, -0.2) is 38.0 Å². The van der Waals surface area contributed by atoms with Crippen LogP contribution in [0.3, 0.4) is 0 Å². The lowest BCUT2D eigenvalue weighted by molar-refractivity contribution is -0.139. The van der Waals surface area contributed by atoms with E-state index in [4.69, 9.17) is 5.11 Å². The Labute approximate surface area is 123 Å². The Kier molecular flexibility index (Phi) is 6.32. The molecule has 0 heterocycles. The molecular formula is C13H18N2O5S. The first-order chi connectivity index (χ1) is 9.86. The van der Waals surface area contributed by atoms with Crippen molar-refractivity contribution in [1.82, 2.24) is 10.0 Å². The number of nitrogens with one attached hydrogen (secondary N) is 2. The average molecular weight is 314 g/mol. The molecule has 1 aromatic rings. The Morgan fingerprint density at radius 3 is 2.38 bits per heavy atom. The third-order valence-electron chi connectivity index (χ3n) is 2.68. The smallest absolute Gasteiger partial charge is 0.321 e. The van der Waals surface area contributed by atoms with Gasteiger partial charge in [0.25, 0.3) is 0 Å². The number of rotatable bonds is 8. The quantitative estimate of drug-likeness (QED) is 0.640. The fraction of sp³-hybridized carbons (Fsp3) is 0.385. The maximum absolute atomic E-state index is 12.0. The monoisotopic (exact) mass is 314 g/mol. The second-order valence-electron chi connectivity index (χ2n) is 4.32. The van der Waals surface area contributed by atoms with E-state index in [9.17, 15) is 18.0 Å². The van der Waals surface area contributed by atoms with Gasteiger partial charge in [-0.1, -0.05) is 18.2 Å². The van der Waals surface area contributed by atoms with Crippen LogP contribution < -0.4 is 10.0 Å². The van der Waals surface area contributed by atoms with E-state index in [0.29, 0.717) is 6.54 Å². The minimum absolute atomic E-state index is 0.0192. The maximum Gasteiger partial charge on any atom is 0.321 e. The predicted molar refractivity (Wildman–Crippen MR) is 76.1 cm³/mol. The van der Waals surface area contributed by atoms with Crippen molar-refractivity contribution in [3.63, 3.8) is 0 Å². The van der Waals surface area contributed by atoms with E-state index in [2.05, 4.69) is 10.0 Å². The molecular weight excluding hydrogens is 296 g/mol. The topological polar surface area (TPSA) is 113 Å². The summed E-state index contributed by atoms with van der Waals surface area (Å²) in [7, 11) is -3.93. The molecule has 1 atom stereocenters. The fourth-order valence-corrected chi connectivity index (χ4v) is 2.89. The molecule has 0 aliphatic rings. The molecule has 0 saturated heterocycles. The lowest BCUT2D eigenvalue weighted by atomic mass is 10.1. The highest BCUT2D eigenvalue weighted by Gasteiger charge is 2.25. The maximum atomic E-state index is 12.0. The summed E-state index contributed by atoms with van der Waals surface area (Å²) in [4.78, 5) is 22.4. The van der Waals surface area contributed by atoms with Gasteiger partial charge in [0, 0.05) is 13.0 Å². The number of amides is 1. The highest BCUT2D eigenvalue weighted by molar-refractivity contribution is 7.89. The first-order valence-electron chi connectivity index (χ1n) is 6.43. The Morgan fingerprint density at radius 1 is 1.24 bits per heavy atom. The van der Waals surface area contributed by atoms with Crippen LogP contribution >= 0.6 is 0 Å². The normalized spacial score (nSPS) is 12.6. The molecule has 0 bridgehead atoms. The minimum Gasteiger partial charge on any atom is -0.480 e. The molecule has 21 heavy (non-hydrogen) atoms. The van der Waals surface area contributed by atoms with Crippen molar-refractivity contribution < 1.29 is 23.1 Å². The molecule has 1 amide bonds. The largest absolute Gasteiger partial charge is 0.480 e. The summed E-state index contributed by atoms with van der Waals surface area (Å²) in [5.41, 5.74) is 0. The van der Waals surface area contributed by atoms with Crippen LogP contribution in [0, 0.1) is 0 Å². The highest BCUT2D eigenvalue weighted by atomic mass is 32.2. The van der Waals surface area contributed by atoms with Gasteiger partial charge in [0.1, 0.15) is 6.04 Å². The van der Waals surface area contributed by atoms with E-state index in [1.165, 1.54) is 12.1 Å². The number of aliphatic carboxylic acids is 1. The summed E-state index contributed by atoms with van der Waals surface area (Å²) >= 11 is 0. The Morgan fingerprint density at radius 2 is 1.86 bits per heavy atom. The van der Waals surface area contributed by atoms with Gasteiger partial charge >= 0.3 is 5.97 Å². The second-order valence-corrected chi connectivity index (χ2v) is 6.03. The van der Waals surface area contributed by atoms with Gasteiger partial charge in [-0.25, -0.2) is 8.42 Å². The van der Waals surface area contributed by atoms with Gasteiger partial charge < -0.3 is 10.4 Å². The van der Waals surface area contributed by atoms with Gasteiger partial charge in [0.2, 0.25) is 15.9 Å². The zero-order valence-corrected chi connectivity index (χ0v) is 12.4. The number of hydrogen-bond acceptors (Lipinski definition) is 4. The SMILES string of the molecule is CCNC(=O)CC[C@H](NS(=O)(=O)c1ccccc1)C(=O)O. The van der Waals surface area contributed by atoms with Crippen LogP contribution in [0.15, 0.2) is 35.2 Å². The van der Waals surface area contributed by atoms with E-state index in [0.717, 1.165) is 0 Å². The number of carboxylic acids is 1. The van der Waals surface area contributed by atoms with Gasteiger partial charge in [-0.05, 0) is 25.5 Å². The lowest BCUT2D eigenvalue weighted by Gasteiger charge is -2.14. The Bertz CT molecular complexity index is 586. The zero-order valence-electron chi connectivity index (χ0n) is 11.6. The summed E-state index contributed by atoms with van der Waals surface area (Å²) < 4.78 is 26.2. The molecule has 0 spiro atoms. The van der Waals surface area contributed by atoms with E-state index >= 15 is 0 Å². The molecule has 7 nitrogen and oxygen atoms in total. The highest BCUT2D eigenvalue weighted by Crippen LogP contribution is 2.10. The van der Waals surface area contributed by atoms with Crippen molar-refractivity contribution >= 4 is 21.9 Å². The van der Waals surface area contributed by atoms with Crippen LogP contribution in [0.4, 0.5) is 0 Å². The molecule has 0 aliphatic carbocycles. The minimum atomic E-state index is -3.93. The predicted octanol–water partition coefficient (Wildman–Crippen LogP) is 0.334. The Balaban J connectivity index is 2.75. The van der Waals surface area contributed by atoms with Crippen LogP contribution in [0.25, 0.3) is 0 Å². The molecule has 1 rings (SSSR count). The third kappa shape index (κ3) is 5.52. The van der Waals surface area contributed by atoms with Crippen LogP contribution in [0.5, 0.6) is 0 Å². The molecule has 0 fully saturated rings. The van der Waals surface area contributed by atoms with Gasteiger partial charge in [0.05, 0.1) is 4.90 Å². The molecule has 0 saturated carbocycles. The molecule has 3 N–H and O–H groups in total. The summed E-state index contributed by atoms with van der Waals surface area (Å²) in [5.74, 6) is -1.64. The van der Waals surface area contributed by atoms with Crippen molar-refractivity contribution in [3.05, 3.63) is 30.3 Å². The van der Waals surface area contributed by atoms with E-state index < -0.39 is 22.0 Å². The number of sulfonamides is 1. The number of carbonyl (C=O) groups is 2. The van der Waals surface area contributed by atoms with Crippen molar-refractivity contribution in [2.75, 3.05) is 6.54 Å². The fourth-order valence-electron chi connectivity index (χ4n) is 1.65. The van der Waals surface area contributed by atoms with Crippen molar-refractivity contribution in [3.8, 4) is 0 Å². The number of carboxylic acid groups (broad SMARTS) is 1. The van der Waals surface area contributed by atoms with Gasteiger partial charge in [-0.2, -0.15) is 4.72 Å². The first kappa shape index (κ1) is 17.1. The first-order valence-corrected chi connectivity index (χ1v) is 7.92. The van der Waals surface area contributed by atoms with Crippen LogP contribution in [0.2, 0.25) is 0 Å². The average Bonchev–Trinajstić information content (AvgIpc) is 2.44. The van der Waals surface area contributed by atoms with Crippen LogP contribution in [0.1, 0.15) is 19.8 Å². The molecule has 8 heteroatoms. The lowest BCUT2D eigenvalue weighted by Crippen LogP contribution is -2.41. The van der Waals surface area contributed by atoms with E-state index in [-0.39, 0.29) is 23.6 Å². The van der Waals surface area contributed by atoms with Crippen molar-refractivity contribution in [2.24, 2.45) is 0 Å². The van der Waals surface area contributed by atoms with Gasteiger partial charge in [0.15, 0.2) is 0 Å². The standard InChI is InChI=1S/C13H18N2O5S/c1-2-14-12(16)9-8-11(13(17)18)15-21(19,20)10-6-4-3-5-7-10/h3-7,11,15H,2,8-9H2,1H3,(H,14,16)(H,17,18)/t11-/m0/s1. The van der Waals surface area contributed by atoms with Gasteiger partial charge in [-0.15, -0.1) is 0 Å². The molecule has 1 aromatic carbocycles.